The zero-order valence-electron chi connectivity index (χ0n) is 6.33. The molecule has 0 unspecified atom stereocenters. The van der Waals surface area contributed by atoms with Gasteiger partial charge in [-0.05, 0) is 6.07 Å². The summed E-state index contributed by atoms with van der Waals surface area (Å²) in [6.07, 6.45) is 2.64. The summed E-state index contributed by atoms with van der Waals surface area (Å²) in [6.45, 7) is 0. The summed E-state index contributed by atoms with van der Waals surface area (Å²) in [4.78, 5) is 7.43. The van der Waals surface area contributed by atoms with Gasteiger partial charge in [-0.2, -0.15) is 0 Å². The third-order valence-electron chi connectivity index (χ3n) is 1.67. The van der Waals surface area contributed by atoms with Gasteiger partial charge in [-0.3, -0.25) is 0 Å². The lowest BCUT2D eigenvalue weighted by atomic mass is 10.2. The Labute approximate surface area is 77.8 Å². The average Bonchev–Trinajstić information content (AvgIpc) is 2.15. The number of hydrogen-bond acceptors (Lipinski definition) is 3. The molecule has 5 heteroatoms. The number of hydrogen-bond donors (Lipinski definition) is 1. The minimum absolute atomic E-state index is 0.125. The fourth-order valence-corrected chi connectivity index (χ4v) is 1.30. The second kappa shape index (κ2) is 2.81. The van der Waals surface area contributed by atoms with E-state index < -0.39 is 11.6 Å². The number of nitrogens with zero attached hydrogens (tertiary/aromatic N) is 2. The van der Waals surface area contributed by atoms with E-state index in [-0.39, 0.29) is 10.5 Å². The Kier molecular flexibility index (Phi) is 1.77. The van der Waals surface area contributed by atoms with E-state index in [9.17, 15) is 9.50 Å². The number of aromatic nitrogens is 2. The molecule has 0 fully saturated rings. The highest BCUT2D eigenvalue weighted by atomic mass is 35.5. The summed E-state index contributed by atoms with van der Waals surface area (Å²) in [5.74, 6) is -1.28. The van der Waals surface area contributed by atoms with Gasteiger partial charge in [0.05, 0.1) is 5.02 Å². The minimum Gasteiger partial charge on any atom is -0.503 e. The number of halogens is 2. The largest absolute Gasteiger partial charge is 0.503 e. The zero-order chi connectivity index (χ0) is 9.42. The van der Waals surface area contributed by atoms with E-state index >= 15 is 0 Å². The molecule has 13 heavy (non-hydrogen) atoms. The van der Waals surface area contributed by atoms with Gasteiger partial charge in [-0.25, -0.2) is 14.4 Å². The molecular weight excluding hydrogens is 195 g/mol. The maximum Gasteiger partial charge on any atom is 0.178 e. The predicted octanol–water partition coefficient (Wildman–Crippen LogP) is 2.13. The smallest absolute Gasteiger partial charge is 0.178 e. The van der Waals surface area contributed by atoms with Gasteiger partial charge >= 0.3 is 0 Å². The number of fused-ring (bicyclic) bond motifs is 1. The van der Waals surface area contributed by atoms with Crippen LogP contribution in [-0.4, -0.2) is 15.1 Å². The Balaban J connectivity index is 2.97. The molecule has 1 aromatic carbocycles. The Morgan fingerprint density at radius 3 is 3.00 bits per heavy atom. The topological polar surface area (TPSA) is 46.0 Å². The van der Waals surface area contributed by atoms with Crippen molar-refractivity contribution in [3.05, 3.63) is 29.4 Å². The molecule has 66 valence electrons. The number of phenolic OH excluding ortho intramolecular Hbond substituents is 1. The highest BCUT2D eigenvalue weighted by Gasteiger charge is 2.10. The SMILES string of the molecule is Oc1c(F)cc(Cl)c2cncnc12. The quantitative estimate of drug-likeness (QED) is 0.705. The van der Waals surface area contributed by atoms with Crippen molar-refractivity contribution in [1.29, 1.82) is 0 Å². The molecular formula is C8H4ClFN2O. The first-order valence-electron chi connectivity index (χ1n) is 3.47. The number of benzene rings is 1. The van der Waals surface area contributed by atoms with Crippen LogP contribution < -0.4 is 0 Å². The normalized spacial score (nSPS) is 10.6. The van der Waals surface area contributed by atoms with E-state index in [0.717, 1.165) is 6.07 Å². The van der Waals surface area contributed by atoms with Crippen LogP contribution in [0, 0.1) is 5.82 Å². The first-order chi connectivity index (χ1) is 6.20. The first kappa shape index (κ1) is 8.19. The molecule has 0 saturated heterocycles. The van der Waals surface area contributed by atoms with Crippen molar-refractivity contribution in [2.75, 3.05) is 0 Å². The highest BCUT2D eigenvalue weighted by molar-refractivity contribution is 6.35. The van der Waals surface area contributed by atoms with Crippen LogP contribution in [0.4, 0.5) is 4.39 Å². The van der Waals surface area contributed by atoms with Crippen molar-refractivity contribution in [2.24, 2.45) is 0 Å². The second-order valence-electron chi connectivity index (χ2n) is 2.47. The number of phenols is 1. The molecule has 0 amide bonds. The predicted molar refractivity (Wildman–Crippen MR) is 46.2 cm³/mol. The molecule has 0 saturated carbocycles. The van der Waals surface area contributed by atoms with Gasteiger partial charge in [0.15, 0.2) is 11.6 Å². The minimum atomic E-state index is -0.781. The first-order valence-corrected chi connectivity index (χ1v) is 3.84. The Hall–Kier alpha value is -1.42. The fourth-order valence-electron chi connectivity index (χ4n) is 1.06. The van der Waals surface area contributed by atoms with Crippen LogP contribution >= 0.6 is 11.6 Å². The molecule has 3 nitrogen and oxygen atoms in total. The average molecular weight is 199 g/mol. The molecule has 0 radical (unpaired) electrons. The van der Waals surface area contributed by atoms with Crippen molar-refractivity contribution >= 4 is 22.5 Å². The van der Waals surface area contributed by atoms with Gasteiger partial charge < -0.3 is 5.11 Å². The Morgan fingerprint density at radius 2 is 2.23 bits per heavy atom. The fraction of sp³-hybridized carbons (Fsp3) is 0. The molecule has 1 heterocycles. The van der Waals surface area contributed by atoms with Gasteiger partial charge in [0, 0.05) is 11.6 Å². The summed E-state index contributed by atoms with van der Waals surface area (Å²) < 4.78 is 12.9. The van der Waals surface area contributed by atoms with Crippen LogP contribution in [0.2, 0.25) is 5.02 Å². The van der Waals surface area contributed by atoms with Gasteiger partial charge in [0.2, 0.25) is 0 Å². The van der Waals surface area contributed by atoms with Crippen LogP contribution in [0.25, 0.3) is 10.9 Å². The van der Waals surface area contributed by atoms with E-state index in [1.54, 1.807) is 0 Å². The highest BCUT2D eigenvalue weighted by Crippen LogP contribution is 2.30. The standard InChI is InChI=1S/C8H4ClFN2O/c9-5-1-6(10)8(13)7-4(5)2-11-3-12-7/h1-3,13H. The molecule has 1 N–H and O–H groups in total. The van der Waals surface area contributed by atoms with Gasteiger partial charge in [-0.1, -0.05) is 11.6 Å². The third-order valence-corrected chi connectivity index (χ3v) is 1.99. The monoisotopic (exact) mass is 198 g/mol. The van der Waals surface area contributed by atoms with Crippen molar-refractivity contribution < 1.29 is 9.50 Å². The summed E-state index contributed by atoms with van der Waals surface area (Å²) in [7, 11) is 0. The van der Waals surface area contributed by atoms with Crippen molar-refractivity contribution in [3.8, 4) is 5.75 Å². The van der Waals surface area contributed by atoms with E-state index in [2.05, 4.69) is 9.97 Å². The lowest BCUT2D eigenvalue weighted by Crippen LogP contribution is -1.86. The van der Waals surface area contributed by atoms with E-state index in [0.29, 0.717) is 5.39 Å². The van der Waals surface area contributed by atoms with Crippen molar-refractivity contribution in [1.82, 2.24) is 9.97 Å². The number of aromatic hydroxyl groups is 1. The van der Waals surface area contributed by atoms with E-state index in [1.807, 2.05) is 0 Å². The molecule has 2 aromatic rings. The molecule has 0 aliphatic heterocycles. The maximum absolute atomic E-state index is 12.9. The van der Waals surface area contributed by atoms with Crippen molar-refractivity contribution in [3.63, 3.8) is 0 Å². The molecule has 0 atom stereocenters. The van der Waals surface area contributed by atoms with Crippen molar-refractivity contribution in [2.45, 2.75) is 0 Å². The lowest BCUT2D eigenvalue weighted by molar-refractivity contribution is 0.437. The maximum atomic E-state index is 12.9. The molecule has 0 bridgehead atoms. The van der Waals surface area contributed by atoms with Gasteiger partial charge in [0.1, 0.15) is 11.8 Å². The van der Waals surface area contributed by atoms with Gasteiger partial charge in [0.25, 0.3) is 0 Å². The van der Waals surface area contributed by atoms with Crippen LogP contribution in [0.5, 0.6) is 5.75 Å². The summed E-state index contributed by atoms with van der Waals surface area (Å²) >= 11 is 5.70. The summed E-state index contributed by atoms with van der Waals surface area (Å²) in [5.41, 5.74) is 0.125. The summed E-state index contributed by atoms with van der Waals surface area (Å²) in [6, 6.07) is 1.03. The molecule has 0 spiro atoms. The van der Waals surface area contributed by atoms with E-state index in [4.69, 9.17) is 11.6 Å². The lowest BCUT2D eigenvalue weighted by Gasteiger charge is -2.01. The second-order valence-corrected chi connectivity index (χ2v) is 2.88. The molecule has 1 aromatic heterocycles. The van der Waals surface area contributed by atoms with Crippen LogP contribution in [0.3, 0.4) is 0 Å². The van der Waals surface area contributed by atoms with Crippen LogP contribution in [0.15, 0.2) is 18.6 Å². The summed E-state index contributed by atoms with van der Waals surface area (Å²) in [5, 5.41) is 9.88. The molecule has 0 aliphatic rings. The van der Waals surface area contributed by atoms with Crippen LogP contribution in [-0.2, 0) is 0 Å². The molecule has 0 aliphatic carbocycles. The Morgan fingerprint density at radius 1 is 1.46 bits per heavy atom. The third kappa shape index (κ3) is 1.19. The Bertz CT molecular complexity index is 475. The zero-order valence-corrected chi connectivity index (χ0v) is 7.09. The molecule has 2 rings (SSSR count). The van der Waals surface area contributed by atoms with Crippen LogP contribution in [0.1, 0.15) is 0 Å². The van der Waals surface area contributed by atoms with E-state index in [1.165, 1.54) is 12.5 Å². The number of rotatable bonds is 0. The van der Waals surface area contributed by atoms with Gasteiger partial charge in [-0.15, -0.1) is 0 Å².